The van der Waals surface area contributed by atoms with Crippen molar-refractivity contribution in [3.63, 3.8) is 0 Å². The van der Waals surface area contributed by atoms with Crippen LogP contribution in [-0.2, 0) is 6.54 Å². The van der Waals surface area contributed by atoms with Crippen molar-refractivity contribution in [2.75, 3.05) is 5.32 Å². The van der Waals surface area contributed by atoms with Crippen molar-refractivity contribution in [2.24, 2.45) is 0 Å². The highest BCUT2D eigenvalue weighted by molar-refractivity contribution is 7.11. The lowest BCUT2D eigenvalue weighted by atomic mass is 10.2. The third-order valence-corrected chi connectivity index (χ3v) is 4.57. The second-order valence-corrected chi connectivity index (χ2v) is 7.38. The maximum Gasteiger partial charge on any atom is 0.319 e. The lowest BCUT2D eigenvalue weighted by Crippen LogP contribution is -2.27. The number of urea groups is 1. The topological polar surface area (TPSA) is 80.0 Å². The highest BCUT2D eigenvalue weighted by atomic mass is 32.1. The Labute approximate surface area is 150 Å². The maximum atomic E-state index is 12.0. The Morgan fingerprint density at radius 3 is 2.56 bits per heavy atom. The number of rotatable bonds is 5. The van der Waals surface area contributed by atoms with Gasteiger partial charge < -0.3 is 15.2 Å². The molecule has 3 aromatic rings. The van der Waals surface area contributed by atoms with Gasteiger partial charge in [0.15, 0.2) is 5.82 Å². The minimum atomic E-state index is -0.237. The van der Waals surface area contributed by atoms with E-state index in [1.54, 1.807) is 11.3 Å². The van der Waals surface area contributed by atoms with Crippen LogP contribution in [-0.4, -0.2) is 16.2 Å². The molecule has 130 valence electrons. The molecular formula is C18H20N4O2S. The van der Waals surface area contributed by atoms with Crippen LogP contribution in [0, 0.1) is 6.92 Å². The van der Waals surface area contributed by atoms with Crippen LogP contribution in [0.4, 0.5) is 10.5 Å². The molecule has 3 rings (SSSR count). The van der Waals surface area contributed by atoms with Crippen molar-refractivity contribution in [1.29, 1.82) is 0 Å². The van der Waals surface area contributed by atoms with E-state index in [4.69, 9.17) is 4.52 Å². The standard InChI is InChI=1S/C18H20N4O2S/c1-11(2)16-21-17(24-22-16)13-5-7-14(8-6-13)20-18(23)19-10-15-9-4-12(3)25-15/h4-9,11H,10H2,1-3H3,(H2,19,20,23). The van der Waals surface area contributed by atoms with Crippen molar-refractivity contribution >= 4 is 23.1 Å². The summed E-state index contributed by atoms with van der Waals surface area (Å²) >= 11 is 1.67. The Morgan fingerprint density at radius 2 is 1.96 bits per heavy atom. The molecule has 0 radical (unpaired) electrons. The van der Waals surface area contributed by atoms with Gasteiger partial charge in [0.05, 0.1) is 6.54 Å². The van der Waals surface area contributed by atoms with Crippen molar-refractivity contribution in [1.82, 2.24) is 15.5 Å². The van der Waals surface area contributed by atoms with E-state index in [0.717, 1.165) is 10.4 Å². The number of benzene rings is 1. The summed E-state index contributed by atoms with van der Waals surface area (Å²) in [5.74, 6) is 1.38. The number of hydrogen-bond acceptors (Lipinski definition) is 5. The third-order valence-electron chi connectivity index (χ3n) is 3.57. The van der Waals surface area contributed by atoms with Gasteiger partial charge in [-0.1, -0.05) is 19.0 Å². The van der Waals surface area contributed by atoms with E-state index in [1.165, 1.54) is 4.88 Å². The van der Waals surface area contributed by atoms with Crippen molar-refractivity contribution < 1.29 is 9.32 Å². The largest absolute Gasteiger partial charge is 0.334 e. The molecule has 25 heavy (non-hydrogen) atoms. The molecule has 0 saturated heterocycles. The first-order chi connectivity index (χ1) is 12.0. The van der Waals surface area contributed by atoms with Crippen LogP contribution in [0.3, 0.4) is 0 Å². The first kappa shape index (κ1) is 17.2. The summed E-state index contributed by atoms with van der Waals surface area (Å²) in [7, 11) is 0. The number of thiophene rings is 1. The fourth-order valence-corrected chi connectivity index (χ4v) is 3.04. The highest BCUT2D eigenvalue weighted by Gasteiger charge is 2.11. The third kappa shape index (κ3) is 4.45. The van der Waals surface area contributed by atoms with Crippen LogP contribution in [0.15, 0.2) is 40.9 Å². The molecule has 2 heterocycles. The maximum absolute atomic E-state index is 12.0. The zero-order valence-electron chi connectivity index (χ0n) is 14.4. The Kier molecular flexibility index (Phi) is 5.14. The average Bonchev–Trinajstić information content (AvgIpc) is 3.23. The number of aryl methyl sites for hydroxylation is 1. The first-order valence-corrected chi connectivity index (χ1v) is 8.87. The van der Waals surface area contributed by atoms with Crippen LogP contribution < -0.4 is 10.6 Å². The predicted molar refractivity (Wildman–Crippen MR) is 98.7 cm³/mol. The second kappa shape index (κ2) is 7.48. The highest BCUT2D eigenvalue weighted by Crippen LogP contribution is 2.21. The second-order valence-electron chi connectivity index (χ2n) is 6.01. The molecule has 2 amide bonds. The van der Waals surface area contributed by atoms with Crippen molar-refractivity contribution in [2.45, 2.75) is 33.2 Å². The summed E-state index contributed by atoms with van der Waals surface area (Å²) in [5, 5.41) is 9.60. The van der Waals surface area contributed by atoms with E-state index in [9.17, 15) is 4.79 Å². The molecule has 1 aromatic carbocycles. The first-order valence-electron chi connectivity index (χ1n) is 8.05. The number of nitrogens with one attached hydrogen (secondary N) is 2. The van der Waals surface area contributed by atoms with E-state index < -0.39 is 0 Å². The number of aromatic nitrogens is 2. The van der Waals surface area contributed by atoms with Gasteiger partial charge in [0.1, 0.15) is 0 Å². The van der Waals surface area contributed by atoms with Gasteiger partial charge in [0, 0.05) is 26.9 Å². The number of hydrogen-bond donors (Lipinski definition) is 2. The monoisotopic (exact) mass is 356 g/mol. The molecule has 2 aromatic heterocycles. The predicted octanol–water partition coefficient (Wildman–Crippen LogP) is 4.55. The summed E-state index contributed by atoms with van der Waals surface area (Å²) in [6, 6.07) is 11.1. The Morgan fingerprint density at radius 1 is 1.20 bits per heavy atom. The summed E-state index contributed by atoms with van der Waals surface area (Å²) in [5.41, 5.74) is 1.52. The van der Waals surface area contributed by atoms with Crippen LogP contribution in [0.5, 0.6) is 0 Å². The number of anilines is 1. The molecule has 0 unspecified atom stereocenters. The summed E-state index contributed by atoms with van der Waals surface area (Å²) in [4.78, 5) is 18.7. The number of amides is 2. The molecule has 0 atom stereocenters. The van der Waals surface area contributed by atoms with Gasteiger partial charge in [-0.2, -0.15) is 4.98 Å². The quantitative estimate of drug-likeness (QED) is 0.703. The van der Waals surface area contributed by atoms with Gasteiger partial charge in [0.2, 0.25) is 0 Å². The molecule has 2 N–H and O–H groups in total. The number of carbonyl (C=O) groups is 1. The Bertz CT molecular complexity index is 852. The van der Waals surface area contributed by atoms with Gasteiger partial charge in [-0.3, -0.25) is 0 Å². The molecule has 0 bridgehead atoms. The molecule has 0 aliphatic heterocycles. The zero-order chi connectivity index (χ0) is 17.8. The fraction of sp³-hybridized carbons (Fsp3) is 0.278. The molecular weight excluding hydrogens is 336 g/mol. The van der Waals surface area contributed by atoms with Gasteiger partial charge >= 0.3 is 6.03 Å². The van der Waals surface area contributed by atoms with E-state index in [-0.39, 0.29) is 11.9 Å². The fourth-order valence-electron chi connectivity index (χ4n) is 2.21. The molecule has 0 aliphatic rings. The van der Waals surface area contributed by atoms with E-state index >= 15 is 0 Å². The molecule has 0 saturated carbocycles. The smallest absolute Gasteiger partial charge is 0.319 e. The van der Waals surface area contributed by atoms with Crippen LogP contribution in [0.25, 0.3) is 11.5 Å². The van der Waals surface area contributed by atoms with Crippen LogP contribution in [0.2, 0.25) is 0 Å². The minimum absolute atomic E-state index is 0.217. The zero-order valence-corrected chi connectivity index (χ0v) is 15.2. The van der Waals surface area contributed by atoms with E-state index in [0.29, 0.717) is 23.9 Å². The lowest BCUT2D eigenvalue weighted by Gasteiger charge is -2.07. The summed E-state index contributed by atoms with van der Waals surface area (Å²) in [6.45, 7) is 6.58. The molecule has 7 heteroatoms. The summed E-state index contributed by atoms with van der Waals surface area (Å²) in [6.07, 6.45) is 0. The Balaban J connectivity index is 1.57. The molecule has 6 nitrogen and oxygen atoms in total. The Hall–Kier alpha value is -2.67. The number of carbonyl (C=O) groups excluding carboxylic acids is 1. The van der Waals surface area contributed by atoms with Gasteiger partial charge in [-0.05, 0) is 43.3 Å². The lowest BCUT2D eigenvalue weighted by molar-refractivity contribution is 0.252. The van der Waals surface area contributed by atoms with Crippen LogP contribution >= 0.6 is 11.3 Å². The van der Waals surface area contributed by atoms with E-state index in [1.807, 2.05) is 57.2 Å². The SMILES string of the molecule is Cc1ccc(CNC(=O)Nc2ccc(-c3nc(C(C)C)no3)cc2)s1. The van der Waals surface area contributed by atoms with Gasteiger partial charge in [0.25, 0.3) is 5.89 Å². The normalized spacial score (nSPS) is 10.9. The molecule has 0 fully saturated rings. The minimum Gasteiger partial charge on any atom is -0.334 e. The van der Waals surface area contributed by atoms with Crippen LogP contribution in [0.1, 0.15) is 35.3 Å². The van der Waals surface area contributed by atoms with Crippen molar-refractivity contribution in [3.8, 4) is 11.5 Å². The molecule has 0 spiro atoms. The van der Waals surface area contributed by atoms with Gasteiger partial charge in [-0.15, -0.1) is 11.3 Å². The van der Waals surface area contributed by atoms with Crippen molar-refractivity contribution in [3.05, 3.63) is 52.0 Å². The summed E-state index contributed by atoms with van der Waals surface area (Å²) < 4.78 is 5.26. The number of nitrogens with zero attached hydrogens (tertiary/aromatic N) is 2. The average molecular weight is 356 g/mol. The van der Waals surface area contributed by atoms with E-state index in [2.05, 4.69) is 20.8 Å². The van der Waals surface area contributed by atoms with Gasteiger partial charge in [-0.25, -0.2) is 4.79 Å². The molecule has 0 aliphatic carbocycles.